The molecule has 1 N–H and O–H groups in total. The van der Waals surface area contributed by atoms with Crippen LogP contribution in [-0.4, -0.2) is 24.7 Å². The van der Waals surface area contributed by atoms with Gasteiger partial charge in [0.05, 0.1) is 6.42 Å². The predicted octanol–water partition coefficient (Wildman–Crippen LogP) is 2.31. The number of nitrogens with one attached hydrogen (secondary N) is 1. The minimum absolute atomic E-state index is 0.0310. The van der Waals surface area contributed by atoms with Gasteiger partial charge < -0.3 is 14.8 Å². The summed E-state index contributed by atoms with van der Waals surface area (Å²) in [5.41, 5.74) is 0.777. The van der Waals surface area contributed by atoms with E-state index in [0.29, 0.717) is 19.6 Å². The molecular weight excluding hydrogens is 242 g/mol. The quantitative estimate of drug-likeness (QED) is 0.906. The van der Waals surface area contributed by atoms with Crippen LogP contribution in [0, 0.1) is 0 Å². The van der Waals surface area contributed by atoms with Crippen molar-refractivity contribution >= 4 is 5.91 Å². The van der Waals surface area contributed by atoms with Crippen LogP contribution >= 0.6 is 0 Å². The van der Waals surface area contributed by atoms with Crippen LogP contribution in [0.25, 0.3) is 0 Å². The van der Waals surface area contributed by atoms with Gasteiger partial charge >= 0.3 is 0 Å². The molecule has 2 rings (SSSR count). The van der Waals surface area contributed by atoms with E-state index in [4.69, 9.17) is 9.47 Å². The summed E-state index contributed by atoms with van der Waals surface area (Å²) in [6.07, 6.45) is 1.26. The van der Waals surface area contributed by atoms with E-state index in [9.17, 15) is 4.79 Å². The molecule has 104 valence electrons. The molecule has 0 aromatic heterocycles. The van der Waals surface area contributed by atoms with E-state index in [0.717, 1.165) is 23.5 Å². The molecule has 0 radical (unpaired) electrons. The Morgan fingerprint density at radius 2 is 1.95 bits per heavy atom. The van der Waals surface area contributed by atoms with Gasteiger partial charge in [0.15, 0.2) is 11.5 Å². The third kappa shape index (κ3) is 3.63. The first-order chi connectivity index (χ1) is 9.00. The Kier molecular flexibility index (Phi) is 3.98. The molecule has 1 aliphatic rings. The zero-order valence-electron chi connectivity index (χ0n) is 11.8. The lowest BCUT2D eigenvalue weighted by molar-refractivity contribution is -0.122. The van der Waals surface area contributed by atoms with Crippen molar-refractivity contribution in [2.24, 2.45) is 0 Å². The molecule has 0 atom stereocenters. The average molecular weight is 263 g/mol. The van der Waals surface area contributed by atoms with Crippen LogP contribution in [-0.2, 0) is 11.2 Å². The van der Waals surface area contributed by atoms with E-state index in [2.05, 4.69) is 12.2 Å². The van der Waals surface area contributed by atoms with Crippen molar-refractivity contribution in [3.05, 3.63) is 23.8 Å². The van der Waals surface area contributed by atoms with Crippen molar-refractivity contribution < 1.29 is 14.3 Å². The van der Waals surface area contributed by atoms with Crippen LogP contribution in [0.15, 0.2) is 18.2 Å². The predicted molar refractivity (Wildman–Crippen MR) is 73.6 cm³/mol. The zero-order chi connectivity index (χ0) is 13.9. The average Bonchev–Trinajstić information content (AvgIpc) is 2.38. The molecule has 1 aliphatic heterocycles. The minimum atomic E-state index is -0.162. The van der Waals surface area contributed by atoms with E-state index in [1.807, 2.05) is 32.0 Å². The van der Waals surface area contributed by atoms with Gasteiger partial charge in [-0.1, -0.05) is 13.0 Å². The van der Waals surface area contributed by atoms with Gasteiger partial charge in [-0.05, 0) is 38.0 Å². The molecule has 1 amide bonds. The van der Waals surface area contributed by atoms with Crippen molar-refractivity contribution in [3.63, 3.8) is 0 Å². The molecule has 4 heteroatoms. The van der Waals surface area contributed by atoms with Gasteiger partial charge in [-0.2, -0.15) is 0 Å². The first-order valence-corrected chi connectivity index (χ1v) is 6.70. The van der Waals surface area contributed by atoms with E-state index >= 15 is 0 Å². The Bertz CT molecular complexity index is 468. The van der Waals surface area contributed by atoms with E-state index in [-0.39, 0.29) is 11.4 Å². The molecule has 0 unspecified atom stereocenters. The monoisotopic (exact) mass is 263 g/mol. The summed E-state index contributed by atoms with van der Waals surface area (Å²) in [5.74, 6) is 1.51. The fraction of sp³-hybridized carbons (Fsp3) is 0.533. The van der Waals surface area contributed by atoms with E-state index < -0.39 is 0 Å². The number of ether oxygens (including phenoxy) is 2. The fourth-order valence-corrected chi connectivity index (χ4v) is 1.89. The van der Waals surface area contributed by atoms with Crippen molar-refractivity contribution in [1.29, 1.82) is 0 Å². The van der Waals surface area contributed by atoms with Crippen LogP contribution in [0.2, 0.25) is 0 Å². The summed E-state index contributed by atoms with van der Waals surface area (Å²) in [6.45, 7) is 7.25. The molecule has 4 nitrogen and oxygen atoms in total. The number of hydrogen-bond donors (Lipinski definition) is 1. The number of carbonyl (C=O) groups excluding carboxylic acids is 1. The summed E-state index contributed by atoms with van der Waals surface area (Å²) >= 11 is 0. The standard InChI is InChI=1S/C15H21NO3/c1-4-15(2,3)16-14(17)10-11-5-6-12-13(9-11)19-8-7-18-12/h5-6,9H,4,7-8,10H2,1-3H3,(H,16,17). The van der Waals surface area contributed by atoms with Gasteiger partial charge in [-0.25, -0.2) is 0 Å². The van der Waals surface area contributed by atoms with Crippen molar-refractivity contribution in [3.8, 4) is 11.5 Å². The lowest BCUT2D eigenvalue weighted by Gasteiger charge is -2.24. The second-order valence-corrected chi connectivity index (χ2v) is 5.44. The summed E-state index contributed by atoms with van der Waals surface area (Å²) in [6, 6.07) is 5.65. The highest BCUT2D eigenvalue weighted by Gasteiger charge is 2.18. The zero-order valence-corrected chi connectivity index (χ0v) is 11.8. The Labute approximate surface area is 114 Å². The molecule has 0 spiro atoms. The summed E-state index contributed by atoms with van der Waals surface area (Å²) in [5, 5.41) is 3.02. The van der Waals surface area contributed by atoms with Crippen molar-refractivity contribution in [2.75, 3.05) is 13.2 Å². The first kappa shape index (κ1) is 13.7. The highest BCUT2D eigenvalue weighted by Crippen LogP contribution is 2.30. The van der Waals surface area contributed by atoms with Crippen LogP contribution in [0.4, 0.5) is 0 Å². The summed E-state index contributed by atoms with van der Waals surface area (Å²) < 4.78 is 11.0. The summed E-state index contributed by atoms with van der Waals surface area (Å²) in [4.78, 5) is 12.0. The number of benzene rings is 1. The molecule has 0 fully saturated rings. The summed E-state index contributed by atoms with van der Waals surface area (Å²) in [7, 11) is 0. The van der Waals surface area contributed by atoms with Crippen LogP contribution < -0.4 is 14.8 Å². The van der Waals surface area contributed by atoms with Crippen LogP contribution in [0.3, 0.4) is 0 Å². The van der Waals surface area contributed by atoms with Gasteiger partial charge in [0, 0.05) is 5.54 Å². The highest BCUT2D eigenvalue weighted by molar-refractivity contribution is 5.79. The Hall–Kier alpha value is -1.71. The molecule has 0 bridgehead atoms. The molecular formula is C15H21NO3. The molecule has 1 aromatic carbocycles. The molecule has 19 heavy (non-hydrogen) atoms. The van der Waals surface area contributed by atoms with Gasteiger partial charge in [0.1, 0.15) is 13.2 Å². The molecule has 0 saturated heterocycles. The Morgan fingerprint density at radius 1 is 1.26 bits per heavy atom. The third-order valence-corrected chi connectivity index (χ3v) is 3.33. The van der Waals surface area contributed by atoms with Crippen LogP contribution in [0.5, 0.6) is 11.5 Å². The number of amides is 1. The smallest absolute Gasteiger partial charge is 0.224 e. The van der Waals surface area contributed by atoms with Gasteiger partial charge in [0.25, 0.3) is 0 Å². The number of rotatable bonds is 4. The SMILES string of the molecule is CCC(C)(C)NC(=O)Cc1ccc2c(c1)OCCO2. The minimum Gasteiger partial charge on any atom is -0.486 e. The maximum atomic E-state index is 12.0. The lowest BCUT2D eigenvalue weighted by Crippen LogP contribution is -2.43. The van der Waals surface area contributed by atoms with Crippen molar-refractivity contribution in [2.45, 2.75) is 39.2 Å². The van der Waals surface area contributed by atoms with Gasteiger partial charge in [-0.3, -0.25) is 4.79 Å². The van der Waals surface area contributed by atoms with Gasteiger partial charge in [0.2, 0.25) is 5.91 Å². The maximum Gasteiger partial charge on any atom is 0.224 e. The van der Waals surface area contributed by atoms with E-state index in [1.54, 1.807) is 0 Å². The third-order valence-electron chi connectivity index (χ3n) is 3.33. The first-order valence-electron chi connectivity index (χ1n) is 6.70. The normalized spacial score (nSPS) is 14.1. The van der Waals surface area contributed by atoms with Gasteiger partial charge in [-0.15, -0.1) is 0 Å². The number of carbonyl (C=O) groups is 1. The van der Waals surface area contributed by atoms with E-state index in [1.165, 1.54) is 0 Å². The lowest BCUT2D eigenvalue weighted by atomic mass is 10.0. The molecule has 0 saturated carbocycles. The number of hydrogen-bond acceptors (Lipinski definition) is 3. The Balaban J connectivity index is 2.01. The largest absolute Gasteiger partial charge is 0.486 e. The highest BCUT2D eigenvalue weighted by atomic mass is 16.6. The Morgan fingerprint density at radius 3 is 2.63 bits per heavy atom. The topological polar surface area (TPSA) is 47.6 Å². The second-order valence-electron chi connectivity index (χ2n) is 5.44. The molecule has 0 aliphatic carbocycles. The fourth-order valence-electron chi connectivity index (χ4n) is 1.89. The molecule has 1 aromatic rings. The molecule has 1 heterocycles. The number of fused-ring (bicyclic) bond motifs is 1. The second kappa shape index (κ2) is 5.51. The van der Waals surface area contributed by atoms with Crippen LogP contribution in [0.1, 0.15) is 32.8 Å². The maximum absolute atomic E-state index is 12.0. The van der Waals surface area contributed by atoms with Crippen molar-refractivity contribution in [1.82, 2.24) is 5.32 Å².